The van der Waals surface area contributed by atoms with Crippen LogP contribution in [0.5, 0.6) is 0 Å². The van der Waals surface area contributed by atoms with Crippen molar-refractivity contribution in [1.82, 2.24) is 4.98 Å². The molecule has 2 rings (SSSR count). The standard InChI is InChI=1S/C13H13NO2/c1-9(2)10-3-5-11(6-4-10)12-8-16-13(7-15)14-12/h3-9H,1-2H3. The predicted molar refractivity (Wildman–Crippen MR) is 61.4 cm³/mol. The van der Waals surface area contributed by atoms with Gasteiger partial charge in [0.2, 0.25) is 6.29 Å². The molecule has 3 nitrogen and oxygen atoms in total. The number of nitrogens with zero attached hydrogens (tertiary/aromatic N) is 1. The Balaban J connectivity index is 2.30. The lowest BCUT2D eigenvalue weighted by molar-refractivity contribution is 0.109. The molecule has 0 saturated carbocycles. The van der Waals surface area contributed by atoms with Gasteiger partial charge in [0.15, 0.2) is 0 Å². The number of hydrogen-bond acceptors (Lipinski definition) is 3. The smallest absolute Gasteiger partial charge is 0.260 e. The summed E-state index contributed by atoms with van der Waals surface area (Å²) < 4.78 is 4.97. The van der Waals surface area contributed by atoms with Crippen molar-refractivity contribution in [3.63, 3.8) is 0 Å². The molecule has 0 amide bonds. The summed E-state index contributed by atoms with van der Waals surface area (Å²) >= 11 is 0. The Kier molecular flexibility index (Phi) is 2.86. The number of aromatic nitrogens is 1. The van der Waals surface area contributed by atoms with E-state index in [0.717, 1.165) is 5.56 Å². The minimum atomic E-state index is 0.114. The van der Waals surface area contributed by atoms with Crippen LogP contribution in [0.4, 0.5) is 0 Å². The highest BCUT2D eigenvalue weighted by Crippen LogP contribution is 2.21. The number of hydrogen-bond donors (Lipinski definition) is 0. The third-order valence-electron chi connectivity index (χ3n) is 2.50. The largest absolute Gasteiger partial charge is 0.442 e. The zero-order valence-electron chi connectivity index (χ0n) is 9.31. The Morgan fingerprint density at radius 2 is 1.94 bits per heavy atom. The van der Waals surface area contributed by atoms with E-state index in [2.05, 4.69) is 31.0 Å². The lowest BCUT2D eigenvalue weighted by Crippen LogP contribution is -1.87. The van der Waals surface area contributed by atoms with Crippen LogP contribution in [0.25, 0.3) is 11.3 Å². The van der Waals surface area contributed by atoms with Crippen LogP contribution in [0.15, 0.2) is 34.9 Å². The third kappa shape index (κ3) is 2.03. The molecule has 0 radical (unpaired) electrons. The molecule has 0 fully saturated rings. The lowest BCUT2D eigenvalue weighted by atomic mass is 10.0. The maximum Gasteiger partial charge on any atom is 0.260 e. The second-order valence-electron chi connectivity index (χ2n) is 3.97. The number of benzene rings is 1. The quantitative estimate of drug-likeness (QED) is 0.738. The first kappa shape index (κ1) is 10.6. The monoisotopic (exact) mass is 215 g/mol. The van der Waals surface area contributed by atoms with E-state index >= 15 is 0 Å². The van der Waals surface area contributed by atoms with Gasteiger partial charge in [0, 0.05) is 5.56 Å². The van der Waals surface area contributed by atoms with Crippen LogP contribution in [0, 0.1) is 0 Å². The van der Waals surface area contributed by atoms with Crippen LogP contribution in [0.3, 0.4) is 0 Å². The molecular weight excluding hydrogens is 202 g/mol. The second kappa shape index (κ2) is 4.31. The van der Waals surface area contributed by atoms with Crippen LogP contribution in [0.1, 0.15) is 36.0 Å². The Morgan fingerprint density at radius 3 is 2.44 bits per heavy atom. The van der Waals surface area contributed by atoms with Gasteiger partial charge >= 0.3 is 0 Å². The molecule has 1 aromatic carbocycles. The minimum Gasteiger partial charge on any atom is -0.442 e. The summed E-state index contributed by atoms with van der Waals surface area (Å²) in [7, 11) is 0. The summed E-state index contributed by atoms with van der Waals surface area (Å²) in [5, 5.41) is 0. The molecule has 0 spiro atoms. The maximum absolute atomic E-state index is 10.4. The molecule has 0 aliphatic carbocycles. The van der Waals surface area contributed by atoms with E-state index in [0.29, 0.717) is 17.9 Å². The molecule has 1 heterocycles. The Labute approximate surface area is 94.1 Å². The van der Waals surface area contributed by atoms with Gasteiger partial charge in [-0.3, -0.25) is 4.79 Å². The van der Waals surface area contributed by atoms with Crippen LogP contribution in [-0.2, 0) is 0 Å². The van der Waals surface area contributed by atoms with Crippen LogP contribution < -0.4 is 0 Å². The molecule has 82 valence electrons. The lowest BCUT2D eigenvalue weighted by Gasteiger charge is -2.04. The average Bonchev–Trinajstić information content (AvgIpc) is 2.77. The minimum absolute atomic E-state index is 0.114. The topological polar surface area (TPSA) is 43.1 Å². The van der Waals surface area contributed by atoms with Crippen molar-refractivity contribution >= 4 is 6.29 Å². The van der Waals surface area contributed by atoms with Gasteiger partial charge in [-0.2, -0.15) is 0 Å². The summed E-state index contributed by atoms with van der Waals surface area (Å²) in [5.74, 6) is 0.625. The highest BCUT2D eigenvalue weighted by Gasteiger charge is 2.05. The van der Waals surface area contributed by atoms with Crippen molar-refractivity contribution in [3.05, 3.63) is 42.0 Å². The van der Waals surface area contributed by atoms with Gasteiger partial charge in [-0.1, -0.05) is 38.1 Å². The van der Waals surface area contributed by atoms with Gasteiger partial charge in [-0.25, -0.2) is 4.98 Å². The van der Waals surface area contributed by atoms with E-state index in [1.165, 1.54) is 11.8 Å². The number of aldehydes is 1. The molecule has 1 aromatic heterocycles. The van der Waals surface area contributed by atoms with Crippen molar-refractivity contribution in [2.45, 2.75) is 19.8 Å². The van der Waals surface area contributed by atoms with Gasteiger partial charge in [0.05, 0.1) is 0 Å². The molecule has 0 bridgehead atoms. The Bertz CT molecular complexity index is 483. The number of rotatable bonds is 3. The van der Waals surface area contributed by atoms with E-state index in [9.17, 15) is 4.79 Å². The zero-order chi connectivity index (χ0) is 11.5. The van der Waals surface area contributed by atoms with E-state index in [1.54, 1.807) is 0 Å². The molecule has 16 heavy (non-hydrogen) atoms. The second-order valence-corrected chi connectivity index (χ2v) is 3.97. The van der Waals surface area contributed by atoms with Crippen molar-refractivity contribution < 1.29 is 9.21 Å². The fourth-order valence-electron chi connectivity index (χ4n) is 1.51. The van der Waals surface area contributed by atoms with Gasteiger partial charge in [-0.15, -0.1) is 0 Å². The highest BCUT2D eigenvalue weighted by atomic mass is 16.3. The van der Waals surface area contributed by atoms with Gasteiger partial charge in [0.25, 0.3) is 5.89 Å². The Morgan fingerprint density at radius 1 is 1.25 bits per heavy atom. The van der Waals surface area contributed by atoms with Gasteiger partial charge < -0.3 is 4.42 Å². The zero-order valence-corrected chi connectivity index (χ0v) is 9.31. The summed E-state index contributed by atoms with van der Waals surface area (Å²) in [6.07, 6.45) is 2.10. The molecule has 0 aliphatic heterocycles. The number of carbonyl (C=O) groups is 1. The third-order valence-corrected chi connectivity index (χ3v) is 2.50. The molecule has 3 heteroatoms. The summed E-state index contributed by atoms with van der Waals surface area (Å²) in [5.41, 5.74) is 2.93. The molecular formula is C13H13NO2. The van der Waals surface area contributed by atoms with E-state index in [4.69, 9.17) is 4.42 Å². The number of carbonyl (C=O) groups excluding carboxylic acids is 1. The van der Waals surface area contributed by atoms with Gasteiger partial charge in [-0.05, 0) is 11.5 Å². The number of oxazole rings is 1. The van der Waals surface area contributed by atoms with Crippen molar-refractivity contribution in [1.29, 1.82) is 0 Å². The van der Waals surface area contributed by atoms with Crippen molar-refractivity contribution in [2.75, 3.05) is 0 Å². The van der Waals surface area contributed by atoms with Crippen LogP contribution in [0.2, 0.25) is 0 Å². The van der Waals surface area contributed by atoms with Gasteiger partial charge in [0.1, 0.15) is 12.0 Å². The summed E-state index contributed by atoms with van der Waals surface area (Å²) in [4.78, 5) is 14.5. The molecule has 0 unspecified atom stereocenters. The Hall–Kier alpha value is -1.90. The van der Waals surface area contributed by atoms with Crippen molar-refractivity contribution in [3.8, 4) is 11.3 Å². The maximum atomic E-state index is 10.4. The molecule has 0 N–H and O–H groups in total. The first-order valence-corrected chi connectivity index (χ1v) is 5.21. The molecule has 2 aromatic rings. The molecule has 0 atom stereocenters. The molecule has 0 saturated heterocycles. The fourth-order valence-corrected chi connectivity index (χ4v) is 1.51. The average molecular weight is 215 g/mol. The fraction of sp³-hybridized carbons (Fsp3) is 0.231. The van der Waals surface area contributed by atoms with E-state index in [1.807, 2.05) is 12.1 Å². The SMILES string of the molecule is CC(C)c1ccc(-c2coc(C=O)n2)cc1. The molecule has 0 aliphatic rings. The van der Waals surface area contributed by atoms with E-state index < -0.39 is 0 Å². The van der Waals surface area contributed by atoms with Crippen LogP contribution >= 0.6 is 0 Å². The summed E-state index contributed by atoms with van der Waals surface area (Å²) in [6, 6.07) is 8.11. The predicted octanol–water partition coefficient (Wildman–Crippen LogP) is 3.28. The highest BCUT2D eigenvalue weighted by molar-refractivity contribution is 5.70. The van der Waals surface area contributed by atoms with Crippen molar-refractivity contribution in [2.24, 2.45) is 0 Å². The normalized spacial score (nSPS) is 10.7. The van der Waals surface area contributed by atoms with Crippen LogP contribution in [-0.4, -0.2) is 11.3 Å². The first-order valence-electron chi connectivity index (χ1n) is 5.21. The summed E-state index contributed by atoms with van der Waals surface area (Å²) in [6.45, 7) is 4.30. The van der Waals surface area contributed by atoms with E-state index in [-0.39, 0.29) is 5.89 Å². The first-order chi connectivity index (χ1) is 7.70.